The van der Waals surface area contributed by atoms with Gasteiger partial charge in [0.05, 0.1) is 24.4 Å². The van der Waals surface area contributed by atoms with Crippen LogP contribution in [0.2, 0.25) is 0 Å². The van der Waals surface area contributed by atoms with Gasteiger partial charge in [0.1, 0.15) is 5.75 Å². The van der Waals surface area contributed by atoms with Crippen molar-refractivity contribution < 1.29 is 9.84 Å². The molecule has 1 heterocycles. The van der Waals surface area contributed by atoms with Crippen LogP contribution in [0.4, 0.5) is 5.82 Å². The second-order valence-corrected chi connectivity index (χ2v) is 8.39. The molecule has 1 aliphatic rings. The van der Waals surface area contributed by atoms with Gasteiger partial charge in [0.15, 0.2) is 5.82 Å². The fourth-order valence-corrected chi connectivity index (χ4v) is 4.44. The average Bonchev–Trinajstić information content (AvgIpc) is 3.25. The molecule has 0 radical (unpaired) electrons. The molecule has 0 bridgehead atoms. The summed E-state index contributed by atoms with van der Waals surface area (Å²) in [5.41, 5.74) is 4.96. The van der Waals surface area contributed by atoms with E-state index in [2.05, 4.69) is 33.7 Å². The van der Waals surface area contributed by atoms with E-state index in [0.29, 0.717) is 23.8 Å². The smallest absolute Gasteiger partial charge is 0.156 e. The number of aliphatic hydroxyl groups is 1. The van der Waals surface area contributed by atoms with Gasteiger partial charge in [0.25, 0.3) is 0 Å². The van der Waals surface area contributed by atoms with Crippen molar-refractivity contribution in [3.05, 3.63) is 64.4 Å². The summed E-state index contributed by atoms with van der Waals surface area (Å²) < 4.78 is 5.34. The van der Waals surface area contributed by atoms with E-state index in [9.17, 15) is 10.4 Å². The number of fused-ring (bicyclic) bond motifs is 1. The van der Waals surface area contributed by atoms with E-state index in [4.69, 9.17) is 4.74 Å². The molecular weight excluding hydrogens is 400 g/mol. The Morgan fingerprint density at radius 3 is 2.84 bits per heavy atom. The molecule has 1 aliphatic carbocycles. The number of methoxy groups -OCH3 is 1. The topological polar surface area (TPSA) is 91.1 Å². The second-order valence-electron chi connectivity index (χ2n) is 8.39. The Labute approximate surface area is 188 Å². The predicted octanol–water partition coefficient (Wildman–Crippen LogP) is 5.00. The lowest BCUT2D eigenvalue weighted by Gasteiger charge is -2.12. The first-order chi connectivity index (χ1) is 15.6. The molecule has 4 rings (SSSR count). The number of hydrogen-bond donors (Lipinski definition) is 2. The van der Waals surface area contributed by atoms with E-state index in [0.717, 1.165) is 59.0 Å². The number of nitrogens with zero attached hydrogens (tertiary/aromatic N) is 3. The normalized spacial score (nSPS) is 16.9. The van der Waals surface area contributed by atoms with Crippen molar-refractivity contribution in [3.8, 4) is 11.8 Å². The van der Waals surface area contributed by atoms with E-state index >= 15 is 0 Å². The van der Waals surface area contributed by atoms with Crippen molar-refractivity contribution in [2.45, 2.75) is 39.2 Å². The number of nitrogens with one attached hydrogen (secondary N) is 1. The number of nitriles is 1. The monoisotopic (exact) mass is 428 g/mol. The molecule has 0 spiro atoms. The number of benzene rings is 2. The molecule has 0 amide bonds. The molecule has 3 aromatic rings. The van der Waals surface area contributed by atoms with Crippen molar-refractivity contribution in [2.75, 3.05) is 19.0 Å². The van der Waals surface area contributed by atoms with Crippen molar-refractivity contribution in [1.29, 1.82) is 5.26 Å². The molecule has 1 unspecified atom stereocenters. The van der Waals surface area contributed by atoms with E-state index in [-0.39, 0.29) is 6.61 Å². The third-order valence-corrected chi connectivity index (χ3v) is 6.16. The number of ether oxygens (including phenoxy) is 1. The molecular formula is C26H28N4O2. The van der Waals surface area contributed by atoms with E-state index in [1.165, 1.54) is 5.57 Å². The zero-order chi connectivity index (χ0) is 22.5. The van der Waals surface area contributed by atoms with Gasteiger partial charge in [-0.15, -0.1) is 10.2 Å². The number of aryl methyl sites for hydroxylation is 1. The maximum Gasteiger partial charge on any atom is 0.156 e. The first-order valence-corrected chi connectivity index (χ1v) is 11.0. The fraction of sp³-hybridized carbons (Fsp3) is 0.346. The molecule has 2 N–H and O–H groups in total. The van der Waals surface area contributed by atoms with Crippen LogP contribution in [0, 0.1) is 24.2 Å². The molecule has 1 atom stereocenters. The molecule has 2 aromatic carbocycles. The Hall–Kier alpha value is -3.43. The highest BCUT2D eigenvalue weighted by Crippen LogP contribution is 2.35. The SMILES string of the molecule is COc1ccc(CNc2nnc(/C=C3/CCC(CCO)C3)c3ccc(C#N)cc23)cc1C. The largest absolute Gasteiger partial charge is 0.496 e. The maximum absolute atomic E-state index is 9.40. The summed E-state index contributed by atoms with van der Waals surface area (Å²) >= 11 is 0. The van der Waals surface area contributed by atoms with E-state index in [1.54, 1.807) is 7.11 Å². The number of hydrogen-bond acceptors (Lipinski definition) is 6. The minimum absolute atomic E-state index is 0.242. The van der Waals surface area contributed by atoms with Gasteiger partial charge in [0.2, 0.25) is 0 Å². The van der Waals surface area contributed by atoms with E-state index in [1.807, 2.05) is 37.3 Å². The summed E-state index contributed by atoms with van der Waals surface area (Å²) in [7, 11) is 1.67. The number of aliphatic hydroxyl groups excluding tert-OH is 1. The summed E-state index contributed by atoms with van der Waals surface area (Å²) in [6, 6.07) is 14.0. The van der Waals surface area contributed by atoms with Crippen molar-refractivity contribution in [2.24, 2.45) is 5.92 Å². The summed E-state index contributed by atoms with van der Waals surface area (Å²) in [6.07, 6.45) is 6.12. The average molecular weight is 429 g/mol. The lowest BCUT2D eigenvalue weighted by atomic mass is 10.0. The highest BCUT2D eigenvalue weighted by atomic mass is 16.5. The van der Waals surface area contributed by atoms with Crippen LogP contribution in [0.1, 0.15) is 48.1 Å². The molecule has 0 aliphatic heterocycles. The van der Waals surface area contributed by atoms with Crippen LogP contribution in [-0.2, 0) is 6.54 Å². The summed E-state index contributed by atoms with van der Waals surface area (Å²) in [5, 5.41) is 32.9. The first-order valence-electron chi connectivity index (χ1n) is 11.0. The van der Waals surface area contributed by atoms with Gasteiger partial charge < -0.3 is 15.2 Å². The standard InChI is InChI=1S/C26H28N4O2/c1-17-11-21(6-8-25(17)32-2)16-28-26-23-13-20(15-27)5-7-22(23)24(29-30-26)14-19-4-3-18(12-19)9-10-31/h5-8,11,13-14,18,31H,3-4,9-10,12,16H2,1-2H3,(H,28,30)/b19-14-. The number of aromatic nitrogens is 2. The van der Waals surface area contributed by atoms with Crippen LogP contribution < -0.4 is 10.1 Å². The quantitative estimate of drug-likeness (QED) is 0.550. The lowest BCUT2D eigenvalue weighted by molar-refractivity contribution is 0.259. The minimum atomic E-state index is 0.242. The molecule has 1 saturated carbocycles. The van der Waals surface area contributed by atoms with Crippen LogP contribution >= 0.6 is 0 Å². The predicted molar refractivity (Wildman–Crippen MR) is 126 cm³/mol. The van der Waals surface area contributed by atoms with Gasteiger partial charge >= 0.3 is 0 Å². The van der Waals surface area contributed by atoms with Crippen LogP contribution in [0.5, 0.6) is 5.75 Å². The van der Waals surface area contributed by atoms with Gasteiger partial charge in [-0.2, -0.15) is 5.26 Å². The molecule has 1 fully saturated rings. The van der Waals surface area contributed by atoms with Crippen molar-refractivity contribution in [1.82, 2.24) is 10.2 Å². The Morgan fingerprint density at radius 1 is 1.22 bits per heavy atom. The molecule has 6 nitrogen and oxygen atoms in total. The van der Waals surface area contributed by atoms with Crippen LogP contribution in [0.3, 0.4) is 0 Å². The Bertz CT molecular complexity index is 1200. The van der Waals surface area contributed by atoms with Crippen LogP contribution in [0.25, 0.3) is 16.8 Å². The second kappa shape index (κ2) is 9.80. The molecule has 6 heteroatoms. The van der Waals surface area contributed by atoms with Gasteiger partial charge in [-0.1, -0.05) is 23.8 Å². The fourth-order valence-electron chi connectivity index (χ4n) is 4.44. The Kier molecular flexibility index (Phi) is 6.67. The first kappa shape index (κ1) is 21.8. The Morgan fingerprint density at radius 2 is 2.09 bits per heavy atom. The van der Waals surface area contributed by atoms with Crippen molar-refractivity contribution in [3.63, 3.8) is 0 Å². The minimum Gasteiger partial charge on any atom is -0.496 e. The third-order valence-electron chi connectivity index (χ3n) is 6.16. The Balaban J connectivity index is 1.63. The van der Waals surface area contributed by atoms with Crippen molar-refractivity contribution >= 4 is 22.7 Å². The summed E-state index contributed by atoms with van der Waals surface area (Å²) in [5.74, 6) is 2.07. The van der Waals surface area contributed by atoms with Crippen LogP contribution in [-0.4, -0.2) is 29.0 Å². The van der Waals surface area contributed by atoms with Gasteiger partial charge in [0, 0.05) is 23.9 Å². The van der Waals surface area contributed by atoms with Gasteiger partial charge in [-0.3, -0.25) is 0 Å². The zero-order valence-corrected chi connectivity index (χ0v) is 18.6. The van der Waals surface area contributed by atoms with Gasteiger partial charge in [-0.25, -0.2) is 0 Å². The number of allylic oxidation sites excluding steroid dienone is 1. The number of anilines is 1. The number of rotatable bonds is 7. The zero-order valence-electron chi connectivity index (χ0n) is 18.6. The summed E-state index contributed by atoms with van der Waals surface area (Å²) in [6.45, 7) is 2.85. The summed E-state index contributed by atoms with van der Waals surface area (Å²) in [4.78, 5) is 0. The highest BCUT2D eigenvalue weighted by Gasteiger charge is 2.19. The maximum atomic E-state index is 9.40. The third kappa shape index (κ3) is 4.74. The molecule has 1 aromatic heterocycles. The highest BCUT2D eigenvalue weighted by molar-refractivity contribution is 5.97. The molecule has 32 heavy (non-hydrogen) atoms. The van der Waals surface area contributed by atoms with E-state index < -0.39 is 0 Å². The molecule has 0 saturated heterocycles. The van der Waals surface area contributed by atoms with Crippen LogP contribution in [0.15, 0.2) is 42.0 Å². The van der Waals surface area contributed by atoms with Gasteiger partial charge in [-0.05, 0) is 73.9 Å². The molecule has 164 valence electrons. The lowest BCUT2D eigenvalue weighted by Crippen LogP contribution is -2.05.